The fourth-order valence-electron chi connectivity index (χ4n) is 5.53. The molecule has 0 unspecified atom stereocenters. The number of ether oxygens (including phenoxy) is 3. The average molecular weight is 610 g/mol. The molecule has 0 aromatic carbocycles. The zero-order valence-electron chi connectivity index (χ0n) is 25.4. The maximum atomic E-state index is 13.8. The molecule has 2 aliphatic rings. The highest BCUT2D eigenvalue weighted by atomic mass is 32.1. The summed E-state index contributed by atoms with van der Waals surface area (Å²) in [5.41, 5.74) is 0.266. The molecule has 9 atom stereocenters. The summed E-state index contributed by atoms with van der Waals surface area (Å²) in [7, 11) is 0. The lowest BCUT2D eigenvalue weighted by Crippen LogP contribution is -2.49. The summed E-state index contributed by atoms with van der Waals surface area (Å²) in [6.07, 6.45) is 0.339. The summed E-state index contributed by atoms with van der Waals surface area (Å²) in [4.78, 5) is 31.8. The number of hydrogen-bond acceptors (Lipinski definition) is 11. The van der Waals surface area contributed by atoms with E-state index in [0.717, 1.165) is 35.5 Å². The number of thiazole rings is 1. The second kappa shape index (κ2) is 15.1. The van der Waals surface area contributed by atoms with Crippen LogP contribution in [-0.4, -0.2) is 86.7 Å². The van der Waals surface area contributed by atoms with Gasteiger partial charge in [0.2, 0.25) is 0 Å². The van der Waals surface area contributed by atoms with E-state index < -0.39 is 66.8 Å². The van der Waals surface area contributed by atoms with Gasteiger partial charge in [0, 0.05) is 17.7 Å². The molecule has 236 valence electrons. The first kappa shape index (κ1) is 34.5. The monoisotopic (exact) mass is 609 g/mol. The highest BCUT2D eigenvalue weighted by Crippen LogP contribution is 2.36. The maximum Gasteiger partial charge on any atom is 0.309 e. The Balaban J connectivity index is 1.94. The van der Waals surface area contributed by atoms with Gasteiger partial charge in [-0.1, -0.05) is 39.8 Å². The molecule has 2 aliphatic heterocycles. The molecular weight excluding hydrogens is 562 g/mol. The molecular formula is C31H47NO9S. The van der Waals surface area contributed by atoms with Gasteiger partial charge in [-0.3, -0.25) is 9.59 Å². The normalized spacial score (nSPS) is 36.5. The molecule has 11 heteroatoms. The number of hydrogen-bond donors (Lipinski definition) is 4. The van der Waals surface area contributed by atoms with Crippen molar-refractivity contribution in [1.82, 2.24) is 4.98 Å². The number of allylic oxidation sites excluding steroid dienone is 1. The summed E-state index contributed by atoms with van der Waals surface area (Å²) in [5.74, 6) is -1.83. The summed E-state index contributed by atoms with van der Waals surface area (Å²) in [6, 6.07) is 0. The number of ketones is 1. The van der Waals surface area contributed by atoms with Crippen LogP contribution in [0.3, 0.4) is 0 Å². The van der Waals surface area contributed by atoms with Crippen LogP contribution in [0, 0.1) is 24.2 Å². The topological polar surface area (TPSA) is 156 Å². The Morgan fingerprint density at radius 3 is 2.50 bits per heavy atom. The quantitative estimate of drug-likeness (QED) is 0.289. The standard InChI is InChI=1S/C31H47NO9S/c1-17-11-9-7-8-10-12-22(18(2)13-21-16-42-20(4)32-21)39-25(34)14-24(31(5,6)29(38)19(3)26(17)35)41-30-28(37)27(36)23(15-33)40-30/h8,10,13,16-17,19,22-24,26-28,30,33,35-37H,7,9,11-12,14-15H2,1-6H3/b10-8-,18-13+/t17-,19+,22-,23+,24-,26-,27-,28+,30+/m0/s1. The summed E-state index contributed by atoms with van der Waals surface area (Å²) in [6.45, 7) is 10.1. The van der Waals surface area contributed by atoms with Crippen molar-refractivity contribution in [3.63, 3.8) is 0 Å². The van der Waals surface area contributed by atoms with Gasteiger partial charge in [-0.05, 0) is 50.7 Å². The van der Waals surface area contributed by atoms with Crippen LogP contribution in [0.4, 0.5) is 0 Å². The van der Waals surface area contributed by atoms with Gasteiger partial charge in [0.05, 0.1) is 41.4 Å². The van der Waals surface area contributed by atoms with Crippen LogP contribution in [0.15, 0.2) is 23.1 Å². The highest BCUT2D eigenvalue weighted by molar-refractivity contribution is 7.09. The Kier molecular flexibility index (Phi) is 12.4. The van der Waals surface area contributed by atoms with Gasteiger partial charge in [-0.15, -0.1) is 11.3 Å². The third kappa shape index (κ3) is 8.56. The number of carbonyl (C=O) groups is 2. The van der Waals surface area contributed by atoms with Gasteiger partial charge in [0.15, 0.2) is 6.29 Å². The van der Waals surface area contributed by atoms with Crippen molar-refractivity contribution < 1.29 is 44.2 Å². The van der Waals surface area contributed by atoms with Crippen LogP contribution in [-0.2, 0) is 23.8 Å². The number of nitrogens with zero attached hydrogens (tertiary/aromatic N) is 1. The van der Waals surface area contributed by atoms with Crippen molar-refractivity contribution in [1.29, 1.82) is 0 Å². The van der Waals surface area contributed by atoms with Crippen LogP contribution in [0.5, 0.6) is 0 Å². The Hall–Kier alpha value is -1.99. The van der Waals surface area contributed by atoms with Crippen LogP contribution in [0.1, 0.15) is 77.4 Å². The zero-order chi connectivity index (χ0) is 31.2. The van der Waals surface area contributed by atoms with E-state index in [1.165, 1.54) is 11.3 Å². The molecule has 3 rings (SSSR count). The minimum atomic E-state index is -1.50. The van der Waals surface area contributed by atoms with Gasteiger partial charge in [-0.2, -0.15) is 0 Å². The Morgan fingerprint density at radius 1 is 1.17 bits per heavy atom. The molecule has 10 nitrogen and oxygen atoms in total. The zero-order valence-corrected chi connectivity index (χ0v) is 26.3. The van der Waals surface area contributed by atoms with E-state index in [0.29, 0.717) is 6.42 Å². The van der Waals surface area contributed by atoms with Gasteiger partial charge in [-0.25, -0.2) is 4.98 Å². The fourth-order valence-corrected chi connectivity index (χ4v) is 6.10. The molecule has 0 aliphatic carbocycles. The largest absolute Gasteiger partial charge is 0.457 e. The second-order valence-corrected chi connectivity index (χ2v) is 13.2. The summed E-state index contributed by atoms with van der Waals surface area (Å²) in [5, 5.41) is 44.2. The van der Waals surface area contributed by atoms with E-state index in [-0.39, 0.29) is 18.1 Å². The van der Waals surface area contributed by atoms with E-state index in [2.05, 4.69) is 4.98 Å². The number of aliphatic hydroxyl groups excluding tert-OH is 4. The van der Waals surface area contributed by atoms with Crippen molar-refractivity contribution in [2.45, 2.75) is 117 Å². The van der Waals surface area contributed by atoms with Gasteiger partial charge >= 0.3 is 5.97 Å². The number of Topliss-reactive ketones (excluding diaryl/α,β-unsaturated/α-hetero) is 1. The third-order valence-electron chi connectivity index (χ3n) is 8.44. The average Bonchev–Trinajstić information content (AvgIpc) is 3.48. The SMILES string of the molecule is C/C(=C\c1csc(C)n1)[C@@H]1C/C=C\CCC[C@H](C)[C@H](O)[C@@H](C)C(=O)C(C)(C)[C@@H](O[C@H]2O[C@H](CO)[C@H](O)[C@H]2O)CC(=O)O1. The van der Waals surface area contributed by atoms with E-state index in [1.807, 2.05) is 44.4 Å². The van der Waals surface area contributed by atoms with Crippen LogP contribution in [0.2, 0.25) is 0 Å². The minimum Gasteiger partial charge on any atom is -0.457 e. The first-order valence-electron chi connectivity index (χ1n) is 14.7. The van der Waals surface area contributed by atoms with Crippen molar-refractivity contribution in [3.05, 3.63) is 33.8 Å². The van der Waals surface area contributed by atoms with Crippen molar-refractivity contribution in [2.24, 2.45) is 17.3 Å². The molecule has 0 amide bonds. The first-order chi connectivity index (χ1) is 19.8. The lowest BCUT2D eigenvalue weighted by Gasteiger charge is -2.38. The number of aliphatic hydroxyl groups is 4. The molecule has 0 spiro atoms. The number of esters is 1. The van der Waals surface area contributed by atoms with Gasteiger partial charge in [0.1, 0.15) is 30.2 Å². The predicted octanol–water partition coefficient (Wildman–Crippen LogP) is 3.34. The van der Waals surface area contributed by atoms with Crippen LogP contribution >= 0.6 is 11.3 Å². The highest BCUT2D eigenvalue weighted by Gasteiger charge is 2.49. The molecule has 1 fully saturated rings. The number of aromatic nitrogens is 1. The molecule has 0 radical (unpaired) electrons. The van der Waals surface area contributed by atoms with Gasteiger partial charge in [0.25, 0.3) is 0 Å². The molecule has 0 saturated carbocycles. The number of aryl methyl sites for hydroxylation is 1. The first-order valence-corrected chi connectivity index (χ1v) is 15.6. The van der Waals surface area contributed by atoms with Crippen LogP contribution in [0.25, 0.3) is 6.08 Å². The Labute approximate surface area is 252 Å². The lowest BCUT2D eigenvalue weighted by atomic mass is 9.72. The van der Waals surface area contributed by atoms with Crippen molar-refractivity contribution in [3.8, 4) is 0 Å². The maximum absolute atomic E-state index is 13.8. The predicted molar refractivity (Wildman–Crippen MR) is 158 cm³/mol. The van der Waals surface area contributed by atoms with E-state index in [9.17, 15) is 30.0 Å². The van der Waals surface area contributed by atoms with E-state index in [1.54, 1.807) is 20.8 Å². The lowest BCUT2D eigenvalue weighted by molar-refractivity contribution is -0.218. The Bertz CT molecular complexity index is 1120. The smallest absolute Gasteiger partial charge is 0.309 e. The molecule has 4 N–H and O–H groups in total. The summed E-state index contributed by atoms with van der Waals surface area (Å²) < 4.78 is 17.5. The van der Waals surface area contributed by atoms with Crippen LogP contribution < -0.4 is 0 Å². The minimum absolute atomic E-state index is 0.134. The molecule has 3 heterocycles. The molecule has 1 saturated heterocycles. The second-order valence-electron chi connectivity index (χ2n) is 12.2. The number of cyclic esters (lactones) is 1. The molecule has 0 bridgehead atoms. The van der Waals surface area contributed by atoms with Crippen molar-refractivity contribution in [2.75, 3.05) is 6.61 Å². The fraction of sp³-hybridized carbons (Fsp3) is 0.710. The number of rotatable bonds is 5. The molecule has 1 aromatic rings. The van der Waals surface area contributed by atoms with E-state index in [4.69, 9.17) is 14.2 Å². The molecule has 42 heavy (non-hydrogen) atoms. The Morgan fingerprint density at radius 2 is 1.88 bits per heavy atom. The summed E-state index contributed by atoms with van der Waals surface area (Å²) >= 11 is 1.53. The number of carbonyl (C=O) groups excluding carboxylic acids is 2. The van der Waals surface area contributed by atoms with Crippen molar-refractivity contribution >= 4 is 29.2 Å². The molecule has 1 aromatic heterocycles. The van der Waals surface area contributed by atoms with Gasteiger partial charge < -0.3 is 34.6 Å². The van der Waals surface area contributed by atoms with E-state index >= 15 is 0 Å². The third-order valence-corrected chi connectivity index (χ3v) is 9.23.